The van der Waals surface area contributed by atoms with Crippen molar-refractivity contribution in [1.29, 1.82) is 0 Å². The quantitative estimate of drug-likeness (QED) is 0.481. The van der Waals surface area contributed by atoms with Gasteiger partial charge in [0.05, 0.1) is 23.6 Å². The lowest BCUT2D eigenvalue weighted by molar-refractivity contribution is 0.0526. The van der Waals surface area contributed by atoms with E-state index in [1.807, 2.05) is 18.4 Å². The van der Waals surface area contributed by atoms with Crippen molar-refractivity contribution < 1.29 is 19.1 Å². The molecule has 8 heteroatoms. The minimum absolute atomic E-state index is 0.0983. The average Bonchev–Trinajstić information content (AvgIpc) is 3.26. The van der Waals surface area contributed by atoms with Gasteiger partial charge in [0, 0.05) is 37.9 Å². The van der Waals surface area contributed by atoms with Gasteiger partial charge in [-0.25, -0.2) is 9.78 Å². The predicted octanol–water partition coefficient (Wildman–Crippen LogP) is 3.52. The molecule has 7 nitrogen and oxygen atoms in total. The second kappa shape index (κ2) is 10.4. The minimum atomic E-state index is -0.428. The maximum absolute atomic E-state index is 12.7. The molecular weight excluding hydrogens is 378 g/mol. The molecule has 28 heavy (non-hydrogen) atoms. The first-order chi connectivity index (χ1) is 13.4. The van der Waals surface area contributed by atoms with Crippen molar-refractivity contribution in [1.82, 2.24) is 14.9 Å². The van der Waals surface area contributed by atoms with Crippen molar-refractivity contribution in [3.63, 3.8) is 0 Å². The average molecular weight is 408 g/mol. The van der Waals surface area contributed by atoms with Crippen LogP contribution in [0.25, 0.3) is 11.4 Å². The summed E-state index contributed by atoms with van der Waals surface area (Å²) in [6, 6.07) is 1.85. The molecule has 0 aliphatic carbocycles. The molecule has 0 aliphatic heterocycles. The highest BCUT2D eigenvalue weighted by Gasteiger charge is 2.21. The molecule has 0 saturated carbocycles. The van der Waals surface area contributed by atoms with E-state index in [-0.39, 0.29) is 5.91 Å². The van der Waals surface area contributed by atoms with Gasteiger partial charge in [0.1, 0.15) is 0 Å². The van der Waals surface area contributed by atoms with Crippen molar-refractivity contribution >= 4 is 23.2 Å². The van der Waals surface area contributed by atoms with Crippen molar-refractivity contribution in [2.45, 2.75) is 40.7 Å². The Bertz CT molecular complexity index is 810. The lowest BCUT2D eigenvalue weighted by Gasteiger charge is -2.11. The summed E-state index contributed by atoms with van der Waals surface area (Å²) in [6.45, 7) is 10.0. The Labute approximate surface area is 170 Å². The Morgan fingerprint density at radius 1 is 1.36 bits per heavy atom. The zero-order valence-corrected chi connectivity index (χ0v) is 18.0. The number of hydrogen-bond donors (Lipinski definition) is 1. The first-order valence-electron chi connectivity index (χ1n) is 9.49. The molecule has 1 N–H and O–H groups in total. The predicted molar refractivity (Wildman–Crippen MR) is 110 cm³/mol. The molecule has 0 aliphatic rings. The fourth-order valence-electron chi connectivity index (χ4n) is 2.81. The van der Waals surface area contributed by atoms with Gasteiger partial charge >= 0.3 is 5.97 Å². The van der Waals surface area contributed by atoms with Crippen LogP contribution in [-0.2, 0) is 16.0 Å². The first kappa shape index (κ1) is 22.1. The molecule has 0 fully saturated rings. The summed E-state index contributed by atoms with van der Waals surface area (Å²) in [4.78, 5) is 29.0. The highest BCUT2D eigenvalue weighted by molar-refractivity contribution is 7.11. The number of thiazole rings is 1. The van der Waals surface area contributed by atoms with E-state index in [1.54, 1.807) is 14.0 Å². The molecular formula is C20H29N3O4S. The SMILES string of the molecule is CCOC(=O)c1nc(-c2cc(C(=O)NCC(C)C)c(C)n2CCCOC)cs1. The third-order valence-corrected chi connectivity index (χ3v) is 5.05. The lowest BCUT2D eigenvalue weighted by atomic mass is 10.2. The van der Waals surface area contributed by atoms with Crippen LogP contribution in [0.1, 0.15) is 53.0 Å². The second-order valence-electron chi connectivity index (χ2n) is 6.89. The van der Waals surface area contributed by atoms with E-state index in [1.165, 1.54) is 11.3 Å². The summed E-state index contributed by atoms with van der Waals surface area (Å²) in [5, 5.41) is 5.10. The van der Waals surface area contributed by atoms with Crippen LogP contribution < -0.4 is 5.32 Å². The van der Waals surface area contributed by atoms with E-state index >= 15 is 0 Å². The Morgan fingerprint density at radius 2 is 2.11 bits per heavy atom. The molecule has 2 heterocycles. The summed E-state index contributed by atoms with van der Waals surface area (Å²) >= 11 is 1.24. The van der Waals surface area contributed by atoms with Gasteiger partial charge in [-0.1, -0.05) is 13.8 Å². The van der Waals surface area contributed by atoms with Crippen molar-refractivity contribution in [3.8, 4) is 11.4 Å². The van der Waals surface area contributed by atoms with E-state index in [0.29, 0.717) is 48.5 Å². The van der Waals surface area contributed by atoms with Crippen LogP contribution in [-0.4, -0.2) is 48.3 Å². The van der Waals surface area contributed by atoms with Crippen LogP contribution in [0.2, 0.25) is 0 Å². The maximum atomic E-state index is 12.7. The van der Waals surface area contributed by atoms with E-state index in [9.17, 15) is 9.59 Å². The Hall–Kier alpha value is -2.19. The highest BCUT2D eigenvalue weighted by atomic mass is 32.1. The van der Waals surface area contributed by atoms with E-state index in [2.05, 4.69) is 28.7 Å². The Morgan fingerprint density at radius 3 is 2.75 bits per heavy atom. The van der Waals surface area contributed by atoms with Crippen LogP contribution in [0.4, 0.5) is 0 Å². The standard InChI is InChI=1S/C20H29N3O4S/c1-6-27-20(25)19-22-16(12-28-19)17-10-15(18(24)21-11-13(2)3)14(4)23(17)8-7-9-26-5/h10,12-13H,6-9,11H2,1-5H3,(H,21,24). The van der Waals surface area contributed by atoms with Gasteiger partial charge in [-0.2, -0.15) is 0 Å². The van der Waals surface area contributed by atoms with Crippen LogP contribution in [0.5, 0.6) is 0 Å². The van der Waals surface area contributed by atoms with E-state index in [0.717, 1.165) is 17.8 Å². The fraction of sp³-hybridized carbons (Fsp3) is 0.550. The van der Waals surface area contributed by atoms with Gasteiger partial charge in [0.15, 0.2) is 0 Å². The van der Waals surface area contributed by atoms with Gasteiger partial charge in [-0.15, -0.1) is 11.3 Å². The number of esters is 1. The minimum Gasteiger partial charge on any atom is -0.461 e. The third kappa shape index (κ3) is 5.42. The van der Waals surface area contributed by atoms with E-state index < -0.39 is 5.97 Å². The summed E-state index contributed by atoms with van der Waals surface area (Å²) in [5.41, 5.74) is 2.98. The first-order valence-corrected chi connectivity index (χ1v) is 10.4. The molecule has 2 rings (SSSR count). The van der Waals surface area contributed by atoms with Gasteiger partial charge in [-0.3, -0.25) is 4.79 Å². The molecule has 0 spiro atoms. The fourth-order valence-corrected chi connectivity index (χ4v) is 3.52. The normalized spacial score (nSPS) is 11.1. The second-order valence-corrected chi connectivity index (χ2v) is 7.75. The molecule has 0 unspecified atom stereocenters. The summed E-state index contributed by atoms with van der Waals surface area (Å²) in [5.74, 6) is -0.153. The number of carbonyl (C=O) groups excluding carboxylic acids is 2. The van der Waals surface area contributed by atoms with E-state index in [4.69, 9.17) is 9.47 Å². The molecule has 2 aromatic heterocycles. The monoisotopic (exact) mass is 407 g/mol. The van der Waals surface area contributed by atoms with Crippen molar-refractivity contribution in [3.05, 3.63) is 27.7 Å². The molecule has 0 saturated heterocycles. The summed E-state index contributed by atoms with van der Waals surface area (Å²) < 4.78 is 12.3. The van der Waals surface area contributed by atoms with Crippen LogP contribution in [0.15, 0.2) is 11.4 Å². The Balaban J connectivity index is 2.36. The molecule has 154 valence electrons. The summed E-state index contributed by atoms with van der Waals surface area (Å²) in [6.07, 6.45) is 0.806. The molecule has 0 aromatic carbocycles. The van der Waals surface area contributed by atoms with Crippen molar-refractivity contribution in [2.24, 2.45) is 5.92 Å². The van der Waals surface area contributed by atoms with Gasteiger partial charge in [0.2, 0.25) is 5.01 Å². The van der Waals surface area contributed by atoms with Crippen LogP contribution in [0.3, 0.4) is 0 Å². The van der Waals surface area contributed by atoms with Crippen LogP contribution in [0, 0.1) is 12.8 Å². The zero-order valence-electron chi connectivity index (χ0n) is 17.2. The molecule has 0 atom stereocenters. The molecule has 0 bridgehead atoms. The topological polar surface area (TPSA) is 82.5 Å². The Kier molecular flexibility index (Phi) is 8.19. The summed E-state index contributed by atoms with van der Waals surface area (Å²) in [7, 11) is 1.67. The number of amides is 1. The number of methoxy groups -OCH3 is 1. The number of rotatable bonds is 10. The number of ether oxygens (including phenoxy) is 2. The number of nitrogens with zero attached hydrogens (tertiary/aromatic N) is 2. The smallest absolute Gasteiger partial charge is 0.367 e. The molecule has 1 amide bonds. The van der Waals surface area contributed by atoms with Crippen LogP contribution >= 0.6 is 11.3 Å². The maximum Gasteiger partial charge on any atom is 0.367 e. The van der Waals surface area contributed by atoms with Gasteiger partial charge < -0.3 is 19.4 Å². The number of carbonyl (C=O) groups is 2. The van der Waals surface area contributed by atoms with Crippen molar-refractivity contribution in [2.75, 3.05) is 26.9 Å². The zero-order chi connectivity index (χ0) is 20.7. The number of nitrogens with one attached hydrogen (secondary N) is 1. The largest absolute Gasteiger partial charge is 0.461 e. The van der Waals surface area contributed by atoms with Gasteiger partial charge in [0.25, 0.3) is 5.91 Å². The third-order valence-electron chi connectivity index (χ3n) is 4.23. The number of aromatic nitrogens is 2. The van der Waals surface area contributed by atoms with Gasteiger partial charge in [-0.05, 0) is 32.3 Å². The highest BCUT2D eigenvalue weighted by Crippen LogP contribution is 2.28. The molecule has 0 radical (unpaired) electrons. The molecule has 2 aromatic rings. The lowest BCUT2D eigenvalue weighted by Crippen LogP contribution is -2.27. The number of hydrogen-bond acceptors (Lipinski definition) is 6.